The van der Waals surface area contributed by atoms with Crippen LogP contribution >= 0.6 is 0 Å². The molecule has 4 aliphatic rings. The SMILES string of the molecule is CC(C)CCC[C@H](C)[C@H]1CC[C@@H]2[C@H]3CC[C@@]4(O)[C@@H](C)[C@@H](O)CC[C@]4(C)[C@@H]3CC[C@@]21C. The average molecular weight is 419 g/mol. The van der Waals surface area contributed by atoms with Gasteiger partial charge in [0.25, 0.3) is 0 Å². The van der Waals surface area contributed by atoms with E-state index in [1.807, 2.05) is 0 Å². The van der Waals surface area contributed by atoms with E-state index < -0.39 is 5.60 Å². The van der Waals surface area contributed by atoms with Crippen LogP contribution in [-0.2, 0) is 0 Å². The summed E-state index contributed by atoms with van der Waals surface area (Å²) in [6.07, 6.45) is 13.3. The minimum Gasteiger partial charge on any atom is -0.393 e. The smallest absolute Gasteiger partial charge is 0.0753 e. The molecule has 0 heterocycles. The van der Waals surface area contributed by atoms with Crippen LogP contribution in [0.5, 0.6) is 0 Å². The highest BCUT2D eigenvalue weighted by Gasteiger charge is 2.66. The van der Waals surface area contributed by atoms with Gasteiger partial charge in [-0.1, -0.05) is 60.8 Å². The minimum absolute atomic E-state index is 0.00311. The molecule has 174 valence electrons. The van der Waals surface area contributed by atoms with Crippen molar-refractivity contribution in [2.45, 2.75) is 124 Å². The molecule has 0 saturated heterocycles. The third kappa shape index (κ3) is 3.33. The molecule has 2 N–H and O–H groups in total. The Hall–Kier alpha value is -0.0800. The van der Waals surface area contributed by atoms with Gasteiger partial charge in [0.05, 0.1) is 11.7 Å². The summed E-state index contributed by atoms with van der Waals surface area (Å²) in [7, 11) is 0. The summed E-state index contributed by atoms with van der Waals surface area (Å²) in [5.74, 6) is 4.91. The topological polar surface area (TPSA) is 40.5 Å². The lowest BCUT2D eigenvalue weighted by atomic mass is 9.41. The number of hydrogen-bond acceptors (Lipinski definition) is 2. The van der Waals surface area contributed by atoms with Crippen molar-refractivity contribution in [1.29, 1.82) is 0 Å². The predicted octanol–water partition coefficient (Wildman–Crippen LogP) is 6.83. The first kappa shape index (κ1) is 23.1. The van der Waals surface area contributed by atoms with Crippen LogP contribution in [0, 0.1) is 52.3 Å². The van der Waals surface area contributed by atoms with Crippen molar-refractivity contribution in [3.63, 3.8) is 0 Å². The van der Waals surface area contributed by atoms with E-state index in [4.69, 9.17) is 0 Å². The fraction of sp³-hybridized carbons (Fsp3) is 1.00. The highest BCUT2D eigenvalue weighted by atomic mass is 16.3. The fourth-order valence-corrected chi connectivity index (χ4v) is 9.66. The maximum atomic E-state index is 11.9. The van der Waals surface area contributed by atoms with Crippen LogP contribution in [0.4, 0.5) is 0 Å². The van der Waals surface area contributed by atoms with Gasteiger partial charge >= 0.3 is 0 Å². The van der Waals surface area contributed by atoms with Crippen molar-refractivity contribution in [3.05, 3.63) is 0 Å². The van der Waals surface area contributed by atoms with Crippen molar-refractivity contribution in [2.75, 3.05) is 0 Å². The standard InChI is InChI=1S/C28H50O2/c1-18(2)8-7-9-19(3)22-10-11-23-21-12-17-28(30)20(4)25(29)14-16-27(28,6)24(21)13-15-26(22,23)5/h18-25,29-30H,7-17H2,1-6H3/t19-,20-,21+,22+,23+,24+,25-,26+,27+,28+/m0/s1. The Morgan fingerprint density at radius 2 is 1.60 bits per heavy atom. The first-order valence-corrected chi connectivity index (χ1v) is 13.4. The molecule has 4 aliphatic carbocycles. The minimum atomic E-state index is -0.665. The van der Waals surface area contributed by atoms with E-state index in [9.17, 15) is 10.2 Å². The highest BCUT2D eigenvalue weighted by Crippen LogP contribution is 2.69. The quantitative estimate of drug-likeness (QED) is 0.513. The van der Waals surface area contributed by atoms with Gasteiger partial charge in [-0.05, 0) is 97.7 Å². The Labute approximate surface area is 186 Å². The van der Waals surface area contributed by atoms with Crippen LogP contribution in [0.15, 0.2) is 0 Å². The molecule has 0 bridgehead atoms. The number of fused-ring (bicyclic) bond motifs is 5. The van der Waals surface area contributed by atoms with Crippen LogP contribution in [0.2, 0.25) is 0 Å². The summed E-state index contributed by atoms with van der Waals surface area (Å²) in [4.78, 5) is 0. The fourth-order valence-electron chi connectivity index (χ4n) is 9.66. The zero-order valence-corrected chi connectivity index (χ0v) is 20.8. The number of aliphatic hydroxyl groups is 2. The number of rotatable bonds is 5. The molecule has 10 atom stereocenters. The van der Waals surface area contributed by atoms with Gasteiger partial charge in [0.2, 0.25) is 0 Å². The molecule has 4 saturated carbocycles. The van der Waals surface area contributed by atoms with E-state index in [0.717, 1.165) is 48.9 Å². The van der Waals surface area contributed by atoms with Crippen LogP contribution in [0.1, 0.15) is 112 Å². The van der Waals surface area contributed by atoms with Crippen molar-refractivity contribution < 1.29 is 10.2 Å². The molecule has 4 rings (SSSR count). The zero-order valence-electron chi connectivity index (χ0n) is 20.8. The molecule has 0 radical (unpaired) electrons. The Morgan fingerprint density at radius 3 is 2.30 bits per heavy atom. The lowest BCUT2D eigenvalue weighted by Gasteiger charge is -2.65. The van der Waals surface area contributed by atoms with Crippen LogP contribution in [-0.4, -0.2) is 21.9 Å². The largest absolute Gasteiger partial charge is 0.393 e. The van der Waals surface area contributed by atoms with Gasteiger partial charge in [0, 0.05) is 5.92 Å². The molecule has 0 aliphatic heterocycles. The summed E-state index contributed by atoms with van der Waals surface area (Å²) in [6, 6.07) is 0. The van der Waals surface area contributed by atoms with Gasteiger partial charge in [0.1, 0.15) is 0 Å². The van der Waals surface area contributed by atoms with E-state index in [-0.39, 0.29) is 17.4 Å². The predicted molar refractivity (Wildman–Crippen MR) is 125 cm³/mol. The second kappa shape index (κ2) is 8.05. The van der Waals surface area contributed by atoms with Gasteiger partial charge in [-0.15, -0.1) is 0 Å². The molecule has 0 aromatic heterocycles. The Balaban J connectivity index is 1.51. The van der Waals surface area contributed by atoms with E-state index in [1.165, 1.54) is 51.4 Å². The summed E-state index contributed by atoms with van der Waals surface area (Å²) >= 11 is 0. The van der Waals surface area contributed by atoms with E-state index in [2.05, 4.69) is 41.5 Å². The van der Waals surface area contributed by atoms with E-state index in [1.54, 1.807) is 0 Å². The molecule has 0 spiro atoms. The third-order valence-corrected chi connectivity index (χ3v) is 11.6. The van der Waals surface area contributed by atoms with Gasteiger partial charge < -0.3 is 10.2 Å². The van der Waals surface area contributed by atoms with Crippen LogP contribution in [0.3, 0.4) is 0 Å². The van der Waals surface area contributed by atoms with Gasteiger partial charge in [0.15, 0.2) is 0 Å². The second-order valence-corrected chi connectivity index (χ2v) is 13.2. The molecule has 0 unspecified atom stereocenters. The normalized spacial score (nSPS) is 51.9. The molecule has 0 aromatic carbocycles. The molecular weight excluding hydrogens is 368 g/mol. The van der Waals surface area contributed by atoms with Gasteiger partial charge in [-0.3, -0.25) is 0 Å². The van der Waals surface area contributed by atoms with Crippen molar-refractivity contribution >= 4 is 0 Å². The van der Waals surface area contributed by atoms with Crippen molar-refractivity contribution in [2.24, 2.45) is 52.3 Å². The number of aliphatic hydroxyl groups excluding tert-OH is 1. The van der Waals surface area contributed by atoms with Gasteiger partial charge in [-0.2, -0.15) is 0 Å². The van der Waals surface area contributed by atoms with E-state index in [0.29, 0.717) is 11.3 Å². The molecule has 30 heavy (non-hydrogen) atoms. The summed E-state index contributed by atoms with van der Waals surface area (Å²) in [5.41, 5.74) is -0.150. The molecule has 0 amide bonds. The number of hydrogen-bond donors (Lipinski definition) is 2. The summed E-state index contributed by atoms with van der Waals surface area (Å²) in [6.45, 7) is 14.4. The lowest BCUT2D eigenvalue weighted by molar-refractivity contribution is -0.246. The third-order valence-electron chi connectivity index (χ3n) is 11.6. The van der Waals surface area contributed by atoms with Crippen molar-refractivity contribution in [3.8, 4) is 0 Å². The van der Waals surface area contributed by atoms with E-state index >= 15 is 0 Å². The second-order valence-electron chi connectivity index (χ2n) is 13.2. The molecule has 4 fully saturated rings. The molecule has 2 heteroatoms. The van der Waals surface area contributed by atoms with Crippen molar-refractivity contribution in [1.82, 2.24) is 0 Å². The maximum absolute atomic E-state index is 11.9. The molecule has 0 aromatic rings. The lowest BCUT2D eigenvalue weighted by Crippen LogP contribution is -2.66. The van der Waals surface area contributed by atoms with Crippen LogP contribution < -0.4 is 0 Å². The maximum Gasteiger partial charge on any atom is 0.0753 e. The highest BCUT2D eigenvalue weighted by molar-refractivity contribution is 5.16. The summed E-state index contributed by atoms with van der Waals surface area (Å²) < 4.78 is 0. The molecule has 2 nitrogen and oxygen atoms in total. The first-order valence-electron chi connectivity index (χ1n) is 13.4. The molecular formula is C28H50O2. The monoisotopic (exact) mass is 418 g/mol. The summed E-state index contributed by atoms with van der Waals surface area (Å²) in [5, 5.41) is 22.4. The first-order chi connectivity index (χ1) is 14.0. The van der Waals surface area contributed by atoms with Gasteiger partial charge in [-0.25, -0.2) is 0 Å². The zero-order chi connectivity index (χ0) is 21.9. The Morgan fingerprint density at radius 1 is 0.867 bits per heavy atom. The average Bonchev–Trinajstić information content (AvgIpc) is 3.04. The van der Waals surface area contributed by atoms with Crippen LogP contribution in [0.25, 0.3) is 0 Å². The Kier molecular flexibility index (Phi) is 6.20. The Bertz CT molecular complexity index is 616.